The molecule has 8 nitrogen and oxygen atoms in total. The van der Waals surface area contributed by atoms with Crippen LogP contribution in [0.4, 0.5) is 10.1 Å². The number of hydrogen-bond acceptors (Lipinski definition) is 5. The van der Waals surface area contributed by atoms with Crippen LogP contribution in [0.15, 0.2) is 42.5 Å². The summed E-state index contributed by atoms with van der Waals surface area (Å²) < 4.78 is 19.0. The summed E-state index contributed by atoms with van der Waals surface area (Å²) in [6.45, 7) is 0.992. The van der Waals surface area contributed by atoms with Gasteiger partial charge < -0.3 is 14.5 Å². The Morgan fingerprint density at radius 3 is 2.11 bits per heavy atom. The molecular formula is C19H18FN3O5. The molecule has 2 aromatic rings. The summed E-state index contributed by atoms with van der Waals surface area (Å²) in [4.78, 5) is 38.3. The summed E-state index contributed by atoms with van der Waals surface area (Å²) in [5, 5.41) is 10.9. The van der Waals surface area contributed by atoms with Gasteiger partial charge in [-0.05, 0) is 30.3 Å². The molecule has 0 atom stereocenters. The van der Waals surface area contributed by atoms with Gasteiger partial charge in [0, 0.05) is 43.9 Å². The number of nitro benzene ring substituents is 1. The molecular weight excluding hydrogens is 369 g/mol. The normalized spacial score (nSPS) is 13.9. The highest BCUT2D eigenvalue weighted by molar-refractivity contribution is 5.96. The van der Waals surface area contributed by atoms with E-state index in [-0.39, 0.29) is 43.3 Å². The van der Waals surface area contributed by atoms with E-state index in [0.717, 1.165) is 18.2 Å². The summed E-state index contributed by atoms with van der Waals surface area (Å²) in [6.07, 6.45) is 0. The molecule has 3 rings (SSSR count). The van der Waals surface area contributed by atoms with Crippen molar-refractivity contribution in [2.45, 2.75) is 0 Å². The highest BCUT2D eigenvalue weighted by Gasteiger charge is 2.28. The minimum atomic E-state index is -0.813. The van der Waals surface area contributed by atoms with E-state index in [1.54, 1.807) is 29.2 Å². The fourth-order valence-corrected chi connectivity index (χ4v) is 2.99. The van der Waals surface area contributed by atoms with Crippen LogP contribution in [-0.2, 0) is 0 Å². The second-order valence-electron chi connectivity index (χ2n) is 6.23. The van der Waals surface area contributed by atoms with Gasteiger partial charge in [-0.25, -0.2) is 4.39 Å². The van der Waals surface area contributed by atoms with Gasteiger partial charge in [-0.3, -0.25) is 19.7 Å². The first kappa shape index (κ1) is 19.3. The molecule has 9 heteroatoms. The van der Waals surface area contributed by atoms with Crippen LogP contribution in [0.25, 0.3) is 0 Å². The molecule has 0 saturated carbocycles. The SMILES string of the molecule is COc1ccc(C(=O)N2CCN(C(=O)c3cc([N+](=O)[O-])ccc3F)CC2)cc1. The zero-order chi connectivity index (χ0) is 20.3. The van der Waals surface area contributed by atoms with E-state index in [4.69, 9.17) is 4.74 Å². The standard InChI is InChI=1S/C19H18FN3O5/c1-28-15-5-2-13(3-6-15)18(24)21-8-10-22(11-9-21)19(25)16-12-14(23(26)27)4-7-17(16)20/h2-7,12H,8-11H2,1H3. The Kier molecular flexibility index (Phi) is 5.53. The Labute approximate surface area is 160 Å². The van der Waals surface area contributed by atoms with Gasteiger partial charge in [-0.2, -0.15) is 0 Å². The van der Waals surface area contributed by atoms with Crippen LogP contribution in [0.3, 0.4) is 0 Å². The van der Waals surface area contributed by atoms with Crippen LogP contribution in [-0.4, -0.2) is 59.8 Å². The summed E-state index contributed by atoms with van der Waals surface area (Å²) in [5.74, 6) is -0.965. The molecule has 2 amide bonds. The summed E-state index contributed by atoms with van der Waals surface area (Å²) in [6, 6.07) is 9.57. The maximum atomic E-state index is 14.0. The Morgan fingerprint density at radius 1 is 1.00 bits per heavy atom. The molecule has 0 aromatic heterocycles. The minimum absolute atomic E-state index is 0.170. The van der Waals surface area contributed by atoms with E-state index in [2.05, 4.69) is 0 Å². The average molecular weight is 387 g/mol. The highest BCUT2D eigenvalue weighted by atomic mass is 19.1. The summed E-state index contributed by atoms with van der Waals surface area (Å²) in [5.41, 5.74) is -0.187. The van der Waals surface area contributed by atoms with Crippen molar-refractivity contribution in [3.05, 3.63) is 69.5 Å². The number of carbonyl (C=O) groups excluding carboxylic acids is 2. The number of rotatable bonds is 4. The lowest BCUT2D eigenvalue weighted by Gasteiger charge is -2.34. The topological polar surface area (TPSA) is 93.0 Å². The molecule has 1 aliphatic heterocycles. The third-order valence-electron chi connectivity index (χ3n) is 4.58. The number of carbonyl (C=O) groups is 2. The lowest BCUT2D eigenvalue weighted by Crippen LogP contribution is -2.50. The molecule has 1 saturated heterocycles. The third-order valence-corrected chi connectivity index (χ3v) is 4.58. The zero-order valence-electron chi connectivity index (χ0n) is 15.1. The number of hydrogen-bond donors (Lipinski definition) is 0. The van der Waals surface area contributed by atoms with Crippen molar-refractivity contribution >= 4 is 17.5 Å². The van der Waals surface area contributed by atoms with Crippen molar-refractivity contribution in [3.63, 3.8) is 0 Å². The van der Waals surface area contributed by atoms with Crippen molar-refractivity contribution in [3.8, 4) is 5.75 Å². The van der Waals surface area contributed by atoms with Crippen molar-refractivity contribution in [2.24, 2.45) is 0 Å². The van der Waals surface area contributed by atoms with Crippen molar-refractivity contribution in [1.82, 2.24) is 9.80 Å². The molecule has 28 heavy (non-hydrogen) atoms. The zero-order valence-corrected chi connectivity index (χ0v) is 15.1. The molecule has 1 heterocycles. The van der Waals surface area contributed by atoms with Gasteiger partial charge in [0.2, 0.25) is 0 Å². The monoisotopic (exact) mass is 387 g/mol. The average Bonchev–Trinajstić information content (AvgIpc) is 2.73. The van der Waals surface area contributed by atoms with Gasteiger partial charge in [0.05, 0.1) is 17.6 Å². The van der Waals surface area contributed by atoms with Gasteiger partial charge >= 0.3 is 0 Å². The Bertz CT molecular complexity index is 908. The molecule has 0 N–H and O–H groups in total. The number of piperazine rings is 1. The van der Waals surface area contributed by atoms with Crippen LogP contribution in [0.2, 0.25) is 0 Å². The minimum Gasteiger partial charge on any atom is -0.497 e. The predicted molar refractivity (Wildman–Crippen MR) is 97.9 cm³/mol. The van der Waals surface area contributed by atoms with Crippen LogP contribution in [0.1, 0.15) is 20.7 Å². The van der Waals surface area contributed by atoms with Crippen LogP contribution >= 0.6 is 0 Å². The van der Waals surface area contributed by atoms with E-state index in [1.807, 2.05) is 0 Å². The molecule has 0 spiro atoms. The molecule has 1 aliphatic rings. The second kappa shape index (κ2) is 8.03. The van der Waals surface area contributed by atoms with E-state index < -0.39 is 16.6 Å². The van der Waals surface area contributed by atoms with Gasteiger partial charge in [-0.15, -0.1) is 0 Å². The van der Waals surface area contributed by atoms with Gasteiger partial charge in [0.25, 0.3) is 17.5 Å². The van der Waals surface area contributed by atoms with E-state index in [9.17, 15) is 24.1 Å². The lowest BCUT2D eigenvalue weighted by atomic mass is 10.1. The molecule has 0 radical (unpaired) electrons. The number of benzene rings is 2. The molecule has 1 fully saturated rings. The number of non-ortho nitro benzene ring substituents is 1. The predicted octanol–water partition coefficient (Wildman–Crippen LogP) is 2.34. The lowest BCUT2D eigenvalue weighted by molar-refractivity contribution is -0.384. The fraction of sp³-hybridized carbons (Fsp3) is 0.263. The molecule has 0 aliphatic carbocycles. The number of halogens is 1. The third kappa shape index (κ3) is 3.93. The number of nitro groups is 1. The first-order valence-corrected chi connectivity index (χ1v) is 8.57. The maximum absolute atomic E-state index is 14.0. The van der Waals surface area contributed by atoms with Gasteiger partial charge in [0.15, 0.2) is 0 Å². The maximum Gasteiger partial charge on any atom is 0.270 e. The Balaban J connectivity index is 1.66. The smallest absolute Gasteiger partial charge is 0.270 e. The van der Waals surface area contributed by atoms with Crippen LogP contribution in [0, 0.1) is 15.9 Å². The first-order valence-electron chi connectivity index (χ1n) is 8.57. The van der Waals surface area contributed by atoms with Crippen molar-refractivity contribution in [1.29, 1.82) is 0 Å². The number of methoxy groups -OCH3 is 1. The number of nitrogens with zero attached hydrogens (tertiary/aromatic N) is 3. The van der Waals surface area contributed by atoms with Crippen molar-refractivity contribution in [2.75, 3.05) is 33.3 Å². The molecule has 2 aromatic carbocycles. The highest BCUT2D eigenvalue weighted by Crippen LogP contribution is 2.20. The number of ether oxygens (including phenoxy) is 1. The summed E-state index contributed by atoms with van der Waals surface area (Å²) >= 11 is 0. The van der Waals surface area contributed by atoms with Crippen LogP contribution < -0.4 is 4.74 Å². The quantitative estimate of drug-likeness (QED) is 0.593. The largest absolute Gasteiger partial charge is 0.497 e. The molecule has 0 unspecified atom stereocenters. The molecule has 146 valence electrons. The van der Waals surface area contributed by atoms with Gasteiger partial charge in [0.1, 0.15) is 11.6 Å². The second-order valence-corrected chi connectivity index (χ2v) is 6.23. The Morgan fingerprint density at radius 2 is 1.57 bits per heavy atom. The van der Waals surface area contributed by atoms with E-state index in [0.29, 0.717) is 11.3 Å². The van der Waals surface area contributed by atoms with Gasteiger partial charge in [-0.1, -0.05) is 0 Å². The van der Waals surface area contributed by atoms with E-state index in [1.165, 1.54) is 12.0 Å². The van der Waals surface area contributed by atoms with Crippen LogP contribution in [0.5, 0.6) is 5.75 Å². The molecule has 0 bridgehead atoms. The first-order chi connectivity index (χ1) is 13.4. The van der Waals surface area contributed by atoms with Crippen molar-refractivity contribution < 1.29 is 23.6 Å². The number of amides is 2. The fourth-order valence-electron chi connectivity index (χ4n) is 2.99. The summed E-state index contributed by atoms with van der Waals surface area (Å²) in [7, 11) is 1.54. The van der Waals surface area contributed by atoms with E-state index >= 15 is 0 Å². The Hall–Kier alpha value is -3.49.